The van der Waals surface area contributed by atoms with Crippen LogP contribution in [0.3, 0.4) is 0 Å². The third kappa shape index (κ3) is 4.80. The molecule has 26 heavy (non-hydrogen) atoms. The van der Waals surface area contributed by atoms with Crippen LogP contribution in [0.5, 0.6) is 11.5 Å². The van der Waals surface area contributed by atoms with E-state index in [2.05, 4.69) is 43.0 Å². The van der Waals surface area contributed by atoms with Crippen LogP contribution < -0.4 is 9.47 Å². The highest BCUT2D eigenvalue weighted by Crippen LogP contribution is 2.22. The van der Waals surface area contributed by atoms with Crippen molar-refractivity contribution < 1.29 is 9.47 Å². The first-order valence-corrected chi connectivity index (χ1v) is 9.20. The predicted molar refractivity (Wildman–Crippen MR) is 108 cm³/mol. The van der Waals surface area contributed by atoms with E-state index in [1.54, 1.807) is 0 Å². The molecule has 0 saturated carbocycles. The maximum absolute atomic E-state index is 5.68. The first kappa shape index (κ1) is 17.9. The molecule has 0 saturated heterocycles. The lowest BCUT2D eigenvalue weighted by Gasteiger charge is -2.05. The fourth-order valence-electron chi connectivity index (χ4n) is 2.67. The molecule has 0 fully saturated rings. The highest BCUT2D eigenvalue weighted by molar-refractivity contribution is 5.85. The van der Waals surface area contributed by atoms with Crippen molar-refractivity contribution >= 4 is 10.8 Å². The van der Waals surface area contributed by atoms with Crippen LogP contribution in [0.4, 0.5) is 0 Å². The van der Waals surface area contributed by atoms with Gasteiger partial charge in [-0.25, -0.2) is 0 Å². The molecule has 0 aliphatic carbocycles. The Morgan fingerprint density at radius 3 is 2.12 bits per heavy atom. The Morgan fingerprint density at radius 2 is 1.35 bits per heavy atom. The molecule has 0 aromatic heterocycles. The topological polar surface area (TPSA) is 18.5 Å². The molecule has 0 spiro atoms. The fraction of sp³-hybridized carbons (Fsp3) is 0.250. The first-order valence-electron chi connectivity index (χ1n) is 9.20. The minimum Gasteiger partial charge on any atom is -0.494 e. The van der Waals surface area contributed by atoms with Gasteiger partial charge < -0.3 is 9.47 Å². The molecule has 0 aliphatic heterocycles. The van der Waals surface area contributed by atoms with Gasteiger partial charge >= 0.3 is 0 Å². The summed E-state index contributed by atoms with van der Waals surface area (Å²) in [5, 5.41) is 2.33. The van der Waals surface area contributed by atoms with Gasteiger partial charge in [0.1, 0.15) is 11.5 Å². The Labute approximate surface area is 155 Å². The van der Waals surface area contributed by atoms with Gasteiger partial charge in [0.15, 0.2) is 0 Å². The summed E-state index contributed by atoms with van der Waals surface area (Å²) < 4.78 is 11.2. The number of unbranched alkanes of at least 4 members (excludes halogenated alkanes) is 1. The normalized spacial score (nSPS) is 10.2. The summed E-state index contributed by atoms with van der Waals surface area (Å²) in [6.45, 7) is 5.60. The summed E-state index contributed by atoms with van der Waals surface area (Å²) in [5.41, 5.74) is 1.99. The summed E-state index contributed by atoms with van der Waals surface area (Å²) >= 11 is 0. The second-order valence-corrected chi connectivity index (χ2v) is 6.13. The molecule has 0 unspecified atom stereocenters. The quantitative estimate of drug-likeness (QED) is 0.414. The van der Waals surface area contributed by atoms with E-state index in [0.29, 0.717) is 6.61 Å². The SMILES string of the molecule is CCCCOc1ccc(C#Cc2ccc3cc(OCC)ccc3c2)cc1. The van der Waals surface area contributed by atoms with E-state index in [-0.39, 0.29) is 0 Å². The highest BCUT2D eigenvalue weighted by atomic mass is 16.5. The highest BCUT2D eigenvalue weighted by Gasteiger charge is 1.98. The van der Waals surface area contributed by atoms with Gasteiger partial charge in [0.2, 0.25) is 0 Å². The molecule has 0 atom stereocenters. The first-order chi connectivity index (χ1) is 12.8. The van der Waals surface area contributed by atoms with Crippen molar-refractivity contribution in [2.24, 2.45) is 0 Å². The third-order valence-electron chi connectivity index (χ3n) is 4.09. The smallest absolute Gasteiger partial charge is 0.119 e. The van der Waals surface area contributed by atoms with Crippen molar-refractivity contribution in [3.8, 4) is 23.3 Å². The Balaban J connectivity index is 1.71. The predicted octanol–water partition coefficient (Wildman–Crippen LogP) is 5.82. The van der Waals surface area contributed by atoms with Gasteiger partial charge in [0.05, 0.1) is 13.2 Å². The molecule has 3 rings (SSSR count). The van der Waals surface area contributed by atoms with E-state index in [1.165, 1.54) is 5.39 Å². The molecule has 0 bridgehead atoms. The number of ether oxygens (including phenoxy) is 2. The molecule has 0 N–H and O–H groups in total. The number of hydrogen-bond acceptors (Lipinski definition) is 2. The van der Waals surface area contributed by atoms with Gasteiger partial charge in [-0.3, -0.25) is 0 Å². The van der Waals surface area contributed by atoms with Gasteiger partial charge in [-0.15, -0.1) is 0 Å². The van der Waals surface area contributed by atoms with Gasteiger partial charge in [-0.2, -0.15) is 0 Å². The van der Waals surface area contributed by atoms with Crippen LogP contribution in [-0.2, 0) is 0 Å². The molecule has 2 heteroatoms. The molecule has 132 valence electrons. The number of benzene rings is 3. The van der Waals surface area contributed by atoms with Crippen molar-refractivity contribution in [3.63, 3.8) is 0 Å². The van der Waals surface area contributed by atoms with Gasteiger partial charge in [-0.05, 0) is 72.6 Å². The van der Waals surface area contributed by atoms with E-state index in [1.807, 2.05) is 43.3 Å². The van der Waals surface area contributed by atoms with Gasteiger partial charge in [0.25, 0.3) is 0 Å². The summed E-state index contributed by atoms with van der Waals surface area (Å²) in [7, 11) is 0. The number of hydrogen-bond donors (Lipinski definition) is 0. The molecule has 0 amide bonds. The van der Waals surface area contributed by atoms with E-state index < -0.39 is 0 Å². The van der Waals surface area contributed by atoms with Gasteiger partial charge in [0, 0.05) is 11.1 Å². The summed E-state index contributed by atoms with van der Waals surface area (Å²) in [4.78, 5) is 0. The van der Waals surface area contributed by atoms with Crippen LogP contribution in [-0.4, -0.2) is 13.2 Å². The average Bonchev–Trinajstić information content (AvgIpc) is 2.68. The van der Waals surface area contributed by atoms with Crippen LogP contribution in [0, 0.1) is 11.8 Å². The second-order valence-electron chi connectivity index (χ2n) is 6.13. The lowest BCUT2D eigenvalue weighted by atomic mass is 10.1. The lowest BCUT2D eigenvalue weighted by Crippen LogP contribution is -1.95. The molecule has 3 aromatic carbocycles. The number of rotatable bonds is 6. The molecule has 0 aliphatic rings. The van der Waals surface area contributed by atoms with Crippen LogP contribution in [0.2, 0.25) is 0 Å². The van der Waals surface area contributed by atoms with E-state index >= 15 is 0 Å². The molecule has 0 radical (unpaired) electrons. The van der Waals surface area contributed by atoms with Crippen LogP contribution in [0.1, 0.15) is 37.8 Å². The zero-order valence-electron chi connectivity index (χ0n) is 15.4. The molecular formula is C24H24O2. The van der Waals surface area contributed by atoms with E-state index in [0.717, 1.165) is 47.5 Å². The standard InChI is InChI=1S/C24H24O2/c1-3-5-16-26-23-13-9-19(10-14-23)6-7-20-8-11-22-18-24(25-4-2)15-12-21(22)17-20/h8-15,17-18H,3-5,16H2,1-2H3. The Kier molecular flexibility index (Phi) is 6.17. The van der Waals surface area contributed by atoms with Crippen LogP contribution >= 0.6 is 0 Å². The average molecular weight is 344 g/mol. The van der Waals surface area contributed by atoms with Crippen molar-refractivity contribution in [1.29, 1.82) is 0 Å². The summed E-state index contributed by atoms with van der Waals surface area (Å²) in [6, 6.07) is 20.4. The Bertz CT molecular complexity index is 914. The van der Waals surface area contributed by atoms with Crippen molar-refractivity contribution in [2.45, 2.75) is 26.7 Å². The minimum absolute atomic E-state index is 0.678. The second kappa shape index (κ2) is 8.97. The van der Waals surface area contributed by atoms with Crippen molar-refractivity contribution in [1.82, 2.24) is 0 Å². The van der Waals surface area contributed by atoms with E-state index in [4.69, 9.17) is 9.47 Å². The molecule has 3 aromatic rings. The van der Waals surface area contributed by atoms with Crippen molar-refractivity contribution in [2.75, 3.05) is 13.2 Å². The maximum Gasteiger partial charge on any atom is 0.119 e. The molecular weight excluding hydrogens is 320 g/mol. The zero-order chi connectivity index (χ0) is 18.2. The fourth-order valence-corrected chi connectivity index (χ4v) is 2.67. The summed E-state index contributed by atoms with van der Waals surface area (Å²) in [5.74, 6) is 8.27. The third-order valence-corrected chi connectivity index (χ3v) is 4.09. The lowest BCUT2D eigenvalue weighted by molar-refractivity contribution is 0.309. The number of fused-ring (bicyclic) bond motifs is 1. The monoisotopic (exact) mass is 344 g/mol. The van der Waals surface area contributed by atoms with Gasteiger partial charge in [-0.1, -0.05) is 37.3 Å². The van der Waals surface area contributed by atoms with Crippen LogP contribution in [0.15, 0.2) is 60.7 Å². The Morgan fingerprint density at radius 1 is 0.692 bits per heavy atom. The van der Waals surface area contributed by atoms with Crippen molar-refractivity contribution in [3.05, 3.63) is 71.8 Å². The largest absolute Gasteiger partial charge is 0.494 e. The zero-order valence-corrected chi connectivity index (χ0v) is 15.4. The Hall–Kier alpha value is -2.92. The van der Waals surface area contributed by atoms with Crippen LogP contribution in [0.25, 0.3) is 10.8 Å². The molecule has 2 nitrogen and oxygen atoms in total. The minimum atomic E-state index is 0.678. The summed E-state index contributed by atoms with van der Waals surface area (Å²) in [6.07, 6.45) is 2.22. The molecule has 0 heterocycles. The maximum atomic E-state index is 5.68. The van der Waals surface area contributed by atoms with E-state index in [9.17, 15) is 0 Å².